The highest BCUT2D eigenvalue weighted by Gasteiger charge is 2.20. The van der Waals surface area contributed by atoms with E-state index in [0.717, 1.165) is 6.07 Å². The molecule has 1 rings (SSSR count). The molecule has 0 spiro atoms. The zero-order valence-electron chi connectivity index (χ0n) is 7.69. The number of benzene rings is 1. The number of halogens is 1. The summed E-state index contributed by atoms with van der Waals surface area (Å²) in [6, 6.07) is 2.33. The predicted molar refractivity (Wildman–Crippen MR) is 53.5 cm³/mol. The van der Waals surface area contributed by atoms with E-state index >= 15 is 0 Å². The molecule has 78 valence electrons. The van der Waals surface area contributed by atoms with Crippen molar-refractivity contribution < 1.29 is 14.5 Å². The van der Waals surface area contributed by atoms with Crippen LogP contribution in [0.2, 0.25) is 5.02 Å². The van der Waals surface area contributed by atoms with Gasteiger partial charge in [0, 0.05) is 5.56 Å². The van der Waals surface area contributed by atoms with Gasteiger partial charge in [0.05, 0.1) is 10.5 Å². The minimum absolute atomic E-state index is 0.174. The fourth-order valence-electron chi connectivity index (χ4n) is 1.11. The molecule has 0 aliphatic carbocycles. The van der Waals surface area contributed by atoms with Gasteiger partial charge in [-0.2, -0.15) is 0 Å². The molecule has 0 atom stereocenters. The van der Waals surface area contributed by atoms with E-state index < -0.39 is 10.6 Å². The zero-order chi connectivity index (χ0) is 11.6. The number of hydrogen-bond acceptors (Lipinski definition) is 4. The van der Waals surface area contributed by atoms with E-state index in [1.165, 1.54) is 13.0 Å². The number of nitro benzene ring substituents is 1. The van der Waals surface area contributed by atoms with E-state index in [9.17, 15) is 19.7 Å². The lowest BCUT2D eigenvalue weighted by atomic mass is 10.1. The van der Waals surface area contributed by atoms with Gasteiger partial charge in [0.1, 0.15) is 5.02 Å². The normalized spacial score (nSPS) is 9.73. The third-order valence-corrected chi connectivity index (χ3v) is 2.10. The number of carbonyl (C=O) groups excluding carboxylic acids is 2. The van der Waals surface area contributed by atoms with Crippen LogP contribution < -0.4 is 0 Å². The largest absolute Gasteiger partial charge is 0.298 e. The Labute approximate surface area is 89.8 Å². The maximum atomic E-state index is 11.0. The van der Waals surface area contributed by atoms with E-state index in [1.54, 1.807) is 0 Å². The second kappa shape index (κ2) is 4.18. The van der Waals surface area contributed by atoms with Crippen LogP contribution in [-0.2, 0) is 0 Å². The highest BCUT2D eigenvalue weighted by Crippen LogP contribution is 2.29. The Morgan fingerprint density at radius 2 is 2.13 bits per heavy atom. The second-order valence-electron chi connectivity index (χ2n) is 2.83. The van der Waals surface area contributed by atoms with Crippen LogP contribution in [0.25, 0.3) is 0 Å². The Balaban J connectivity index is 3.50. The maximum absolute atomic E-state index is 11.0. The predicted octanol–water partition coefficient (Wildman–Crippen LogP) is 2.26. The van der Waals surface area contributed by atoms with Gasteiger partial charge in [-0.3, -0.25) is 19.7 Å². The zero-order valence-corrected chi connectivity index (χ0v) is 8.45. The number of hydrogen-bond donors (Lipinski definition) is 0. The minimum atomic E-state index is -0.754. The molecule has 0 radical (unpaired) electrons. The highest BCUT2D eigenvalue weighted by molar-refractivity contribution is 6.33. The van der Waals surface area contributed by atoms with Crippen LogP contribution in [-0.4, -0.2) is 17.0 Å². The smallest absolute Gasteiger partial charge is 0.298 e. The maximum Gasteiger partial charge on any atom is 0.298 e. The van der Waals surface area contributed by atoms with E-state index in [4.69, 9.17) is 11.6 Å². The van der Waals surface area contributed by atoms with Gasteiger partial charge in [-0.05, 0) is 19.1 Å². The van der Waals surface area contributed by atoms with E-state index in [0.29, 0.717) is 6.29 Å². The molecule has 15 heavy (non-hydrogen) atoms. The summed E-state index contributed by atoms with van der Waals surface area (Å²) in [5.41, 5.74) is -0.498. The summed E-state index contributed by atoms with van der Waals surface area (Å²) >= 11 is 5.60. The van der Waals surface area contributed by atoms with Crippen molar-refractivity contribution in [3.05, 3.63) is 38.4 Å². The number of nitro groups is 1. The van der Waals surface area contributed by atoms with Crippen molar-refractivity contribution in [2.75, 3.05) is 0 Å². The van der Waals surface area contributed by atoms with Crippen molar-refractivity contribution in [3.63, 3.8) is 0 Å². The molecule has 0 saturated heterocycles. The molecule has 6 heteroatoms. The Bertz CT molecular complexity index is 456. The Kier molecular flexibility index (Phi) is 3.16. The van der Waals surface area contributed by atoms with Gasteiger partial charge in [-0.25, -0.2) is 0 Å². The van der Waals surface area contributed by atoms with E-state index in [-0.39, 0.29) is 21.9 Å². The van der Waals surface area contributed by atoms with Crippen LogP contribution in [0.1, 0.15) is 27.6 Å². The van der Waals surface area contributed by atoms with Crippen LogP contribution in [0.3, 0.4) is 0 Å². The summed E-state index contributed by atoms with van der Waals surface area (Å²) in [6.07, 6.45) is 0.302. The summed E-state index contributed by atoms with van der Waals surface area (Å²) < 4.78 is 0. The third-order valence-electron chi connectivity index (χ3n) is 1.81. The molecule has 0 aliphatic rings. The van der Waals surface area contributed by atoms with E-state index in [1.807, 2.05) is 0 Å². The summed E-state index contributed by atoms with van der Waals surface area (Å²) in [5.74, 6) is -0.310. The van der Waals surface area contributed by atoms with Crippen LogP contribution in [0.15, 0.2) is 12.1 Å². The molecule has 0 heterocycles. The molecule has 1 aromatic rings. The van der Waals surface area contributed by atoms with Gasteiger partial charge >= 0.3 is 0 Å². The first kappa shape index (κ1) is 11.3. The van der Waals surface area contributed by atoms with Crippen molar-refractivity contribution in [2.45, 2.75) is 6.92 Å². The van der Waals surface area contributed by atoms with Crippen molar-refractivity contribution in [1.29, 1.82) is 0 Å². The standard InChI is InChI=1S/C9H6ClNO4/c1-5(13)6-2-7(4-12)9(11(14)15)8(10)3-6/h2-4H,1H3. The molecule has 0 amide bonds. The Morgan fingerprint density at radius 1 is 1.53 bits per heavy atom. The summed E-state index contributed by atoms with van der Waals surface area (Å²) in [4.78, 5) is 31.4. The number of aldehydes is 1. The van der Waals surface area contributed by atoms with Crippen LogP contribution >= 0.6 is 11.6 Å². The van der Waals surface area contributed by atoms with Crippen LogP contribution in [0.4, 0.5) is 5.69 Å². The first-order valence-electron chi connectivity index (χ1n) is 3.91. The summed E-state index contributed by atoms with van der Waals surface area (Å²) in [7, 11) is 0. The number of ketones is 1. The average Bonchev–Trinajstić information content (AvgIpc) is 2.15. The molecule has 5 nitrogen and oxygen atoms in total. The molecule has 0 unspecified atom stereocenters. The van der Waals surface area contributed by atoms with Crippen molar-refractivity contribution in [3.8, 4) is 0 Å². The summed E-state index contributed by atoms with van der Waals surface area (Å²) in [6.45, 7) is 1.28. The van der Waals surface area contributed by atoms with Crippen molar-refractivity contribution in [1.82, 2.24) is 0 Å². The van der Waals surface area contributed by atoms with Crippen molar-refractivity contribution in [2.24, 2.45) is 0 Å². The summed E-state index contributed by atoms with van der Waals surface area (Å²) in [5, 5.41) is 10.3. The first-order chi connectivity index (χ1) is 6.97. The van der Waals surface area contributed by atoms with E-state index in [2.05, 4.69) is 0 Å². The molecule has 0 fully saturated rings. The molecule has 1 aromatic carbocycles. The van der Waals surface area contributed by atoms with Gasteiger partial charge < -0.3 is 0 Å². The molecule has 0 saturated carbocycles. The fourth-order valence-corrected chi connectivity index (χ4v) is 1.40. The molecular weight excluding hydrogens is 222 g/mol. The monoisotopic (exact) mass is 227 g/mol. The molecule has 0 aliphatic heterocycles. The molecular formula is C9H6ClNO4. The minimum Gasteiger partial charge on any atom is -0.298 e. The first-order valence-corrected chi connectivity index (χ1v) is 4.29. The number of rotatable bonds is 3. The quantitative estimate of drug-likeness (QED) is 0.343. The number of nitrogens with zero attached hydrogens (tertiary/aromatic N) is 1. The average molecular weight is 228 g/mol. The lowest BCUT2D eigenvalue weighted by Gasteiger charge is -2.01. The van der Waals surface area contributed by atoms with Crippen molar-refractivity contribution >= 4 is 29.4 Å². The van der Waals surface area contributed by atoms with Gasteiger partial charge in [0.2, 0.25) is 0 Å². The SMILES string of the molecule is CC(=O)c1cc(Cl)c([N+](=O)[O-])c(C=O)c1. The molecule has 0 N–H and O–H groups in total. The van der Waals surface area contributed by atoms with Gasteiger partial charge in [0.15, 0.2) is 12.1 Å². The molecule has 0 bridgehead atoms. The number of Topliss-reactive ketones (excluding diaryl/α,β-unsaturated/α-hetero) is 1. The number of carbonyl (C=O) groups is 2. The Morgan fingerprint density at radius 3 is 2.53 bits per heavy atom. The third kappa shape index (κ3) is 2.19. The lowest BCUT2D eigenvalue weighted by Crippen LogP contribution is -2.00. The second-order valence-corrected chi connectivity index (χ2v) is 3.23. The fraction of sp³-hybridized carbons (Fsp3) is 0.111. The van der Waals surface area contributed by atoms with Crippen LogP contribution in [0, 0.1) is 10.1 Å². The van der Waals surface area contributed by atoms with Gasteiger partial charge in [-0.15, -0.1) is 0 Å². The highest BCUT2D eigenvalue weighted by atomic mass is 35.5. The Hall–Kier alpha value is -1.75. The topological polar surface area (TPSA) is 77.3 Å². The molecule has 0 aromatic heterocycles. The van der Waals surface area contributed by atoms with Gasteiger partial charge in [0.25, 0.3) is 5.69 Å². The van der Waals surface area contributed by atoms with Gasteiger partial charge in [-0.1, -0.05) is 11.6 Å². The lowest BCUT2D eigenvalue weighted by molar-refractivity contribution is -0.384. The van der Waals surface area contributed by atoms with Crippen LogP contribution in [0.5, 0.6) is 0 Å².